The lowest BCUT2D eigenvalue weighted by molar-refractivity contribution is 0.100. The van der Waals surface area contributed by atoms with Crippen molar-refractivity contribution < 1.29 is 9.18 Å². The highest BCUT2D eigenvalue weighted by Crippen LogP contribution is 2.23. The molecule has 0 radical (unpaired) electrons. The van der Waals surface area contributed by atoms with E-state index in [1.165, 1.54) is 18.9 Å². The van der Waals surface area contributed by atoms with Gasteiger partial charge >= 0.3 is 0 Å². The topological polar surface area (TPSA) is 131 Å². The number of carbonyl (C=O) groups excluding carboxylic acids is 1. The lowest BCUT2D eigenvalue weighted by Crippen LogP contribution is -2.45. The second-order valence-corrected chi connectivity index (χ2v) is 5.33. The number of nitrogens with zero attached hydrogens (tertiary/aromatic N) is 4. The summed E-state index contributed by atoms with van der Waals surface area (Å²) in [6, 6.07) is 1.18. The van der Waals surface area contributed by atoms with Crippen LogP contribution in [0.5, 0.6) is 0 Å². The van der Waals surface area contributed by atoms with Crippen LogP contribution in [0.4, 0.5) is 21.8 Å². The summed E-state index contributed by atoms with van der Waals surface area (Å²) < 4.78 is 14.0. The SMILES string of the molecule is NC(=O)c1cnc(Nc2ncncn2)cc1N[C@@H]1CCNC[C@@H]1F. The van der Waals surface area contributed by atoms with E-state index in [-0.39, 0.29) is 12.1 Å². The molecule has 24 heavy (non-hydrogen) atoms. The molecule has 0 spiro atoms. The molecule has 0 bridgehead atoms. The van der Waals surface area contributed by atoms with Gasteiger partial charge in [0.25, 0.3) is 5.91 Å². The zero-order chi connectivity index (χ0) is 16.9. The minimum absolute atomic E-state index is 0.196. The Morgan fingerprint density at radius 1 is 1.33 bits per heavy atom. The van der Waals surface area contributed by atoms with Gasteiger partial charge in [0.15, 0.2) is 0 Å². The van der Waals surface area contributed by atoms with Crippen LogP contribution < -0.4 is 21.7 Å². The summed E-state index contributed by atoms with van der Waals surface area (Å²) in [6.45, 7) is 0.968. The van der Waals surface area contributed by atoms with Crippen molar-refractivity contribution in [1.82, 2.24) is 25.3 Å². The molecule has 1 fully saturated rings. The van der Waals surface area contributed by atoms with E-state index in [0.29, 0.717) is 30.4 Å². The summed E-state index contributed by atoms with van der Waals surface area (Å²) in [5.41, 5.74) is 5.99. The van der Waals surface area contributed by atoms with Crippen molar-refractivity contribution >= 4 is 23.4 Å². The summed E-state index contributed by atoms with van der Waals surface area (Å²) >= 11 is 0. The Labute approximate surface area is 137 Å². The zero-order valence-electron chi connectivity index (χ0n) is 12.7. The highest BCUT2D eigenvalue weighted by molar-refractivity contribution is 5.98. The van der Waals surface area contributed by atoms with Gasteiger partial charge in [-0.1, -0.05) is 0 Å². The third kappa shape index (κ3) is 3.71. The molecule has 2 aromatic heterocycles. The van der Waals surface area contributed by atoms with Crippen LogP contribution in [0.15, 0.2) is 24.9 Å². The molecule has 2 aromatic rings. The molecule has 1 aliphatic heterocycles. The molecular weight excluding hydrogens is 315 g/mol. The Morgan fingerprint density at radius 3 is 2.83 bits per heavy atom. The number of primary amides is 1. The van der Waals surface area contributed by atoms with Crippen LogP contribution in [-0.2, 0) is 0 Å². The Hall–Kier alpha value is -2.88. The number of amides is 1. The average Bonchev–Trinajstić information content (AvgIpc) is 2.58. The van der Waals surface area contributed by atoms with E-state index in [4.69, 9.17) is 5.73 Å². The molecule has 3 rings (SSSR count). The maximum atomic E-state index is 14.0. The second-order valence-electron chi connectivity index (χ2n) is 5.33. The van der Waals surface area contributed by atoms with Gasteiger partial charge in [0.05, 0.1) is 17.3 Å². The molecule has 9 nitrogen and oxygen atoms in total. The third-order valence-electron chi connectivity index (χ3n) is 3.65. The van der Waals surface area contributed by atoms with Gasteiger partial charge in [0, 0.05) is 18.8 Å². The number of aromatic nitrogens is 4. The lowest BCUT2D eigenvalue weighted by atomic mass is 10.0. The third-order valence-corrected chi connectivity index (χ3v) is 3.65. The quantitative estimate of drug-likeness (QED) is 0.612. The number of hydrogen-bond acceptors (Lipinski definition) is 8. The normalized spacial score (nSPS) is 20.4. The molecule has 126 valence electrons. The Morgan fingerprint density at radius 2 is 2.12 bits per heavy atom. The maximum Gasteiger partial charge on any atom is 0.252 e. The molecule has 0 saturated carbocycles. The van der Waals surface area contributed by atoms with Crippen molar-refractivity contribution in [2.24, 2.45) is 5.73 Å². The summed E-state index contributed by atoms with van der Waals surface area (Å²) in [6.07, 6.45) is 3.55. The molecular formula is C14H17FN8O. The van der Waals surface area contributed by atoms with Crippen molar-refractivity contribution in [2.75, 3.05) is 23.7 Å². The number of carbonyl (C=O) groups is 1. The van der Waals surface area contributed by atoms with Crippen LogP contribution in [0.1, 0.15) is 16.8 Å². The van der Waals surface area contributed by atoms with Gasteiger partial charge in [0.2, 0.25) is 5.95 Å². The number of nitrogens with two attached hydrogens (primary N) is 1. The molecule has 10 heteroatoms. The van der Waals surface area contributed by atoms with Crippen LogP contribution in [0, 0.1) is 0 Å². The van der Waals surface area contributed by atoms with Gasteiger partial charge in [-0.2, -0.15) is 0 Å². The standard InChI is InChI=1S/C14H17FN8O/c15-9-5-17-2-1-10(9)22-11-3-12(19-4-8(11)13(16)24)23-14-20-6-18-7-21-14/h3-4,6-7,9-10,17H,1-2,5H2,(H2,16,24)(H2,18,19,20,21,22,23)/t9-,10+/m0/s1. The number of alkyl halides is 1. The van der Waals surface area contributed by atoms with Crippen molar-refractivity contribution in [3.05, 3.63) is 30.5 Å². The van der Waals surface area contributed by atoms with E-state index in [1.54, 1.807) is 6.07 Å². The highest BCUT2D eigenvalue weighted by Gasteiger charge is 2.25. The second kappa shape index (κ2) is 7.13. The molecule has 5 N–H and O–H groups in total. The van der Waals surface area contributed by atoms with Gasteiger partial charge in [-0.25, -0.2) is 24.3 Å². The molecule has 0 aliphatic carbocycles. The van der Waals surface area contributed by atoms with Crippen LogP contribution in [-0.4, -0.2) is 51.1 Å². The molecule has 1 saturated heterocycles. The maximum absolute atomic E-state index is 14.0. The fourth-order valence-electron chi connectivity index (χ4n) is 2.44. The molecule has 1 amide bonds. The number of pyridine rings is 1. The number of nitrogens with one attached hydrogen (secondary N) is 3. The van der Waals surface area contributed by atoms with Crippen LogP contribution >= 0.6 is 0 Å². The number of anilines is 3. The summed E-state index contributed by atoms with van der Waals surface area (Å²) in [4.78, 5) is 27.3. The summed E-state index contributed by atoms with van der Waals surface area (Å²) in [7, 11) is 0. The first-order chi connectivity index (χ1) is 11.6. The van der Waals surface area contributed by atoms with Gasteiger partial charge < -0.3 is 21.7 Å². The molecule has 0 unspecified atom stereocenters. The number of piperidine rings is 1. The minimum Gasteiger partial charge on any atom is -0.378 e. The molecule has 0 aromatic carbocycles. The smallest absolute Gasteiger partial charge is 0.252 e. The average molecular weight is 332 g/mol. The fourth-order valence-corrected chi connectivity index (χ4v) is 2.44. The summed E-state index contributed by atoms with van der Waals surface area (Å²) in [5, 5.41) is 8.92. The molecule has 1 aliphatic rings. The van der Waals surface area contributed by atoms with Crippen LogP contribution in [0.25, 0.3) is 0 Å². The minimum atomic E-state index is -1.06. The van der Waals surface area contributed by atoms with Crippen molar-refractivity contribution in [2.45, 2.75) is 18.6 Å². The highest BCUT2D eigenvalue weighted by atomic mass is 19.1. The lowest BCUT2D eigenvalue weighted by Gasteiger charge is -2.29. The van der Waals surface area contributed by atoms with E-state index >= 15 is 0 Å². The molecule has 2 atom stereocenters. The van der Waals surface area contributed by atoms with Crippen molar-refractivity contribution in [3.63, 3.8) is 0 Å². The summed E-state index contributed by atoms with van der Waals surface area (Å²) in [5.74, 6) is 0.0691. The van der Waals surface area contributed by atoms with Gasteiger partial charge in [0.1, 0.15) is 24.6 Å². The fraction of sp³-hybridized carbons (Fsp3) is 0.357. The number of hydrogen-bond donors (Lipinski definition) is 4. The largest absolute Gasteiger partial charge is 0.378 e. The van der Waals surface area contributed by atoms with Gasteiger partial charge in [-0.05, 0) is 13.0 Å². The van der Waals surface area contributed by atoms with Crippen LogP contribution in [0.3, 0.4) is 0 Å². The predicted molar refractivity (Wildman–Crippen MR) is 85.7 cm³/mol. The Kier molecular flexibility index (Phi) is 4.75. The molecule has 3 heterocycles. The van der Waals surface area contributed by atoms with Crippen molar-refractivity contribution in [3.8, 4) is 0 Å². The first kappa shape index (κ1) is 16.0. The van der Waals surface area contributed by atoms with Crippen LogP contribution in [0.2, 0.25) is 0 Å². The van der Waals surface area contributed by atoms with Gasteiger partial charge in [-0.15, -0.1) is 0 Å². The van der Waals surface area contributed by atoms with E-state index < -0.39 is 18.1 Å². The zero-order valence-corrected chi connectivity index (χ0v) is 12.7. The van der Waals surface area contributed by atoms with Gasteiger partial charge in [-0.3, -0.25) is 4.79 Å². The number of rotatable bonds is 5. The Balaban J connectivity index is 1.84. The van der Waals surface area contributed by atoms with E-state index in [0.717, 1.165) is 0 Å². The first-order valence-corrected chi connectivity index (χ1v) is 7.43. The van der Waals surface area contributed by atoms with E-state index in [2.05, 4.69) is 35.9 Å². The first-order valence-electron chi connectivity index (χ1n) is 7.43. The van der Waals surface area contributed by atoms with E-state index in [9.17, 15) is 9.18 Å². The van der Waals surface area contributed by atoms with E-state index in [1.807, 2.05) is 0 Å². The monoisotopic (exact) mass is 332 g/mol. The number of halogens is 1. The predicted octanol–water partition coefficient (Wildman–Crippen LogP) is 0.221. The Bertz CT molecular complexity index is 713. The van der Waals surface area contributed by atoms with Crippen molar-refractivity contribution in [1.29, 1.82) is 0 Å².